The topological polar surface area (TPSA) is 70.8 Å². The fourth-order valence-corrected chi connectivity index (χ4v) is 5.36. The van der Waals surface area contributed by atoms with Gasteiger partial charge in [0.1, 0.15) is 15.8 Å². The molecule has 2 aliphatic rings. The molecule has 0 spiro atoms. The Bertz CT molecular complexity index is 1110. The summed E-state index contributed by atoms with van der Waals surface area (Å²) >= 11 is 6.47. The number of halogens is 3. The van der Waals surface area contributed by atoms with Gasteiger partial charge in [-0.3, -0.25) is 14.5 Å². The maximum absolute atomic E-state index is 13.0. The molecule has 1 saturated carbocycles. The molecule has 2 aromatic rings. The summed E-state index contributed by atoms with van der Waals surface area (Å²) < 4.78 is 44.9. The first-order valence-electron chi connectivity index (χ1n) is 9.91. The van der Waals surface area contributed by atoms with Gasteiger partial charge in [-0.15, -0.1) is 0 Å². The molecule has 32 heavy (non-hydrogen) atoms. The van der Waals surface area contributed by atoms with Crippen molar-refractivity contribution in [3.8, 4) is 11.3 Å². The van der Waals surface area contributed by atoms with Crippen molar-refractivity contribution in [3.05, 3.63) is 52.6 Å². The third-order valence-corrected chi connectivity index (χ3v) is 6.89. The largest absolute Gasteiger partial charge is 0.481 e. The molecule has 4 rings (SSSR count). The van der Waals surface area contributed by atoms with Crippen molar-refractivity contribution in [3.63, 3.8) is 0 Å². The predicted molar refractivity (Wildman–Crippen MR) is 118 cm³/mol. The third-order valence-electron chi connectivity index (χ3n) is 5.56. The first-order chi connectivity index (χ1) is 15.1. The monoisotopic (exact) mass is 481 g/mol. The molecule has 1 N–H and O–H groups in total. The van der Waals surface area contributed by atoms with Crippen molar-refractivity contribution in [1.82, 2.24) is 4.90 Å². The first kappa shape index (κ1) is 22.6. The van der Waals surface area contributed by atoms with Gasteiger partial charge in [-0.05, 0) is 43.5 Å². The van der Waals surface area contributed by atoms with Crippen LogP contribution < -0.4 is 0 Å². The lowest BCUT2D eigenvalue weighted by atomic mass is 9.85. The van der Waals surface area contributed by atoms with Crippen LogP contribution in [0.5, 0.6) is 0 Å². The minimum atomic E-state index is -4.46. The van der Waals surface area contributed by atoms with E-state index >= 15 is 0 Å². The van der Waals surface area contributed by atoms with Crippen LogP contribution in [0.25, 0.3) is 17.4 Å². The van der Waals surface area contributed by atoms with E-state index in [4.69, 9.17) is 16.6 Å². The number of carboxylic acid groups (broad SMARTS) is 1. The number of benzene rings is 1. The van der Waals surface area contributed by atoms with Crippen molar-refractivity contribution < 1.29 is 32.3 Å². The van der Waals surface area contributed by atoms with Crippen LogP contribution in [0, 0.1) is 5.92 Å². The lowest BCUT2D eigenvalue weighted by Gasteiger charge is -2.32. The van der Waals surface area contributed by atoms with Crippen LogP contribution >= 0.6 is 24.0 Å². The number of thioether (sulfide) groups is 1. The highest BCUT2D eigenvalue weighted by Crippen LogP contribution is 2.39. The molecule has 10 heteroatoms. The van der Waals surface area contributed by atoms with E-state index in [0.717, 1.165) is 23.9 Å². The SMILES string of the molecule is O=C(O)C1CCCC(N2C(=O)/C(=C\c3ccc(-c4cccc(C(F)(F)F)c4)o3)SC2=S)C1. The van der Waals surface area contributed by atoms with Gasteiger partial charge in [-0.1, -0.05) is 42.5 Å². The highest BCUT2D eigenvalue weighted by molar-refractivity contribution is 8.26. The minimum absolute atomic E-state index is 0.245. The lowest BCUT2D eigenvalue weighted by molar-refractivity contribution is -0.144. The van der Waals surface area contributed by atoms with Crippen LogP contribution in [-0.2, 0) is 15.8 Å². The number of aliphatic carboxylic acids is 1. The highest BCUT2D eigenvalue weighted by atomic mass is 32.2. The standard InChI is InChI=1S/C22H18F3NO4S2/c23-22(24,25)14-5-1-3-12(9-14)17-8-7-16(30-17)11-18-19(27)26(21(31)32-18)15-6-2-4-13(10-15)20(28)29/h1,3,5,7-9,11,13,15H,2,4,6,10H2,(H,28,29)/b18-11+. The van der Waals surface area contributed by atoms with Crippen molar-refractivity contribution in [2.75, 3.05) is 0 Å². The zero-order valence-corrected chi connectivity index (χ0v) is 18.2. The second kappa shape index (κ2) is 8.74. The second-order valence-electron chi connectivity index (χ2n) is 7.69. The molecule has 2 atom stereocenters. The summed E-state index contributed by atoms with van der Waals surface area (Å²) in [6, 6.07) is 7.66. The van der Waals surface area contributed by atoms with Crippen LogP contribution in [0.15, 0.2) is 45.7 Å². The summed E-state index contributed by atoms with van der Waals surface area (Å²) in [6.45, 7) is 0. The number of alkyl halides is 3. The number of furan rings is 1. The van der Waals surface area contributed by atoms with Crippen LogP contribution in [0.4, 0.5) is 13.2 Å². The Hall–Kier alpha value is -2.59. The second-order valence-corrected chi connectivity index (χ2v) is 9.36. The number of carbonyl (C=O) groups is 2. The molecule has 1 aliphatic heterocycles. The van der Waals surface area contributed by atoms with Gasteiger partial charge in [0.2, 0.25) is 0 Å². The number of thiocarbonyl (C=S) groups is 1. The molecule has 2 unspecified atom stereocenters. The number of amides is 1. The number of rotatable bonds is 4. The number of carboxylic acids is 1. The average Bonchev–Trinajstić information content (AvgIpc) is 3.32. The summed E-state index contributed by atoms with van der Waals surface area (Å²) in [5.41, 5.74) is -0.505. The Labute approximate surface area is 191 Å². The number of hydrogen-bond acceptors (Lipinski definition) is 5. The van der Waals surface area contributed by atoms with Crippen molar-refractivity contribution in [2.24, 2.45) is 5.92 Å². The molecular formula is C22H18F3NO4S2. The summed E-state index contributed by atoms with van der Waals surface area (Å²) in [5, 5.41) is 9.31. The molecule has 1 amide bonds. The summed E-state index contributed by atoms with van der Waals surface area (Å²) in [4.78, 5) is 26.1. The van der Waals surface area contributed by atoms with Gasteiger partial charge in [0.15, 0.2) is 0 Å². The quantitative estimate of drug-likeness (QED) is 0.439. The zero-order chi connectivity index (χ0) is 23.0. The maximum Gasteiger partial charge on any atom is 0.416 e. The number of carbonyl (C=O) groups excluding carboxylic acids is 1. The Balaban J connectivity index is 1.53. The van der Waals surface area contributed by atoms with E-state index in [-0.39, 0.29) is 23.3 Å². The van der Waals surface area contributed by atoms with Crippen molar-refractivity contribution in [2.45, 2.75) is 37.9 Å². The molecule has 1 saturated heterocycles. The number of nitrogens with zero attached hydrogens (tertiary/aromatic N) is 1. The van der Waals surface area contributed by atoms with Gasteiger partial charge in [-0.25, -0.2) is 0 Å². The van der Waals surface area contributed by atoms with Crippen LogP contribution in [0.1, 0.15) is 37.0 Å². The molecule has 0 bridgehead atoms. The van der Waals surface area contributed by atoms with Crippen molar-refractivity contribution in [1.29, 1.82) is 0 Å². The normalized spacial score (nSPS) is 23.2. The van der Waals surface area contributed by atoms with Gasteiger partial charge in [-0.2, -0.15) is 13.2 Å². The smallest absolute Gasteiger partial charge is 0.416 e. The molecular weight excluding hydrogens is 463 g/mol. The third kappa shape index (κ3) is 4.61. The van der Waals surface area contributed by atoms with Gasteiger partial charge in [0, 0.05) is 17.7 Å². The van der Waals surface area contributed by atoms with Crippen LogP contribution in [-0.4, -0.2) is 32.2 Å². The molecule has 5 nitrogen and oxygen atoms in total. The Morgan fingerprint density at radius 1 is 1.25 bits per heavy atom. The molecule has 1 aliphatic carbocycles. The predicted octanol–water partition coefficient (Wildman–Crippen LogP) is 5.81. The van der Waals surface area contributed by atoms with Gasteiger partial charge in [0.25, 0.3) is 5.91 Å². The highest BCUT2D eigenvalue weighted by Gasteiger charge is 2.40. The Morgan fingerprint density at radius 2 is 2.03 bits per heavy atom. The van der Waals surface area contributed by atoms with E-state index in [1.807, 2.05) is 0 Å². The zero-order valence-electron chi connectivity index (χ0n) is 16.6. The van der Waals surface area contributed by atoms with Gasteiger partial charge < -0.3 is 9.52 Å². The Morgan fingerprint density at radius 3 is 2.75 bits per heavy atom. The fourth-order valence-electron chi connectivity index (χ4n) is 3.98. The molecule has 2 fully saturated rings. The maximum atomic E-state index is 13.0. The van der Waals surface area contributed by atoms with E-state index in [1.54, 1.807) is 12.1 Å². The van der Waals surface area contributed by atoms with E-state index in [2.05, 4.69) is 0 Å². The van der Waals surface area contributed by atoms with E-state index in [9.17, 15) is 27.9 Å². The molecule has 2 heterocycles. The molecule has 1 aromatic carbocycles. The van der Waals surface area contributed by atoms with Gasteiger partial charge >= 0.3 is 12.1 Å². The van der Waals surface area contributed by atoms with Crippen molar-refractivity contribution >= 4 is 46.3 Å². The van der Waals surface area contributed by atoms with Crippen LogP contribution in [0.3, 0.4) is 0 Å². The summed E-state index contributed by atoms with van der Waals surface area (Å²) in [7, 11) is 0. The molecule has 1 aromatic heterocycles. The minimum Gasteiger partial charge on any atom is -0.481 e. The number of hydrogen-bond donors (Lipinski definition) is 1. The van der Waals surface area contributed by atoms with E-state index < -0.39 is 23.6 Å². The average molecular weight is 482 g/mol. The first-order valence-corrected chi connectivity index (χ1v) is 11.1. The molecule has 0 radical (unpaired) electrons. The molecule has 168 valence electrons. The summed E-state index contributed by atoms with van der Waals surface area (Å²) in [5.74, 6) is -1.12. The lowest BCUT2D eigenvalue weighted by Crippen LogP contribution is -2.42. The van der Waals surface area contributed by atoms with Crippen LogP contribution in [0.2, 0.25) is 0 Å². The van der Waals surface area contributed by atoms with Gasteiger partial charge in [0.05, 0.1) is 16.4 Å². The summed E-state index contributed by atoms with van der Waals surface area (Å²) in [6.07, 6.45) is -0.622. The van der Waals surface area contributed by atoms with E-state index in [0.29, 0.717) is 40.7 Å². The fraction of sp³-hybridized carbons (Fsp3) is 0.318. The Kier molecular flexibility index (Phi) is 6.17. The van der Waals surface area contributed by atoms with E-state index in [1.165, 1.54) is 23.1 Å².